The molecule has 5 nitrogen and oxygen atoms in total. The van der Waals surface area contributed by atoms with Crippen LogP contribution < -0.4 is 4.74 Å². The van der Waals surface area contributed by atoms with E-state index in [2.05, 4.69) is 9.72 Å². The molecule has 3 rings (SSSR count). The van der Waals surface area contributed by atoms with E-state index < -0.39 is 6.16 Å². The van der Waals surface area contributed by atoms with Crippen molar-refractivity contribution in [2.45, 2.75) is 6.54 Å². The summed E-state index contributed by atoms with van der Waals surface area (Å²) in [6.07, 6.45) is -0.804. The van der Waals surface area contributed by atoms with Crippen LogP contribution in [0.4, 0.5) is 9.18 Å². The molecule has 1 heterocycles. The molecule has 23 heavy (non-hydrogen) atoms. The number of imidazole rings is 1. The second kappa shape index (κ2) is 6.26. The molecule has 7 heteroatoms. The van der Waals surface area contributed by atoms with E-state index in [1.54, 1.807) is 34.9 Å². The normalized spacial score (nSPS) is 10.7. The van der Waals surface area contributed by atoms with Crippen LogP contribution in [0.3, 0.4) is 0 Å². The first-order chi connectivity index (χ1) is 11.1. The standard InChI is InChI=1S/C16H12ClFN2O3/c1-22-16(21)23-12-6-7-14-13(8-12)19-15(17)20(14)9-10-2-4-11(18)5-3-10/h2-8H,9H2,1H3. The first kappa shape index (κ1) is 15.3. The van der Waals surface area contributed by atoms with Crippen LogP contribution in [0.2, 0.25) is 5.28 Å². The third kappa shape index (κ3) is 3.27. The van der Waals surface area contributed by atoms with Gasteiger partial charge in [-0.15, -0.1) is 0 Å². The summed E-state index contributed by atoms with van der Waals surface area (Å²) in [5.74, 6) is 0.0207. The number of ether oxygens (including phenoxy) is 2. The molecule has 0 bridgehead atoms. The minimum atomic E-state index is -0.804. The van der Waals surface area contributed by atoms with E-state index in [9.17, 15) is 9.18 Å². The molecule has 1 aromatic heterocycles. The summed E-state index contributed by atoms with van der Waals surface area (Å²) in [6, 6.07) is 11.1. The second-order valence-electron chi connectivity index (χ2n) is 4.80. The molecule has 0 unspecified atom stereocenters. The van der Waals surface area contributed by atoms with Gasteiger partial charge in [-0.1, -0.05) is 12.1 Å². The Labute approximate surface area is 136 Å². The fourth-order valence-electron chi connectivity index (χ4n) is 2.20. The Bertz CT molecular complexity index is 862. The fourth-order valence-corrected chi connectivity index (χ4v) is 2.45. The molecule has 0 spiro atoms. The number of aromatic nitrogens is 2. The van der Waals surface area contributed by atoms with Crippen molar-refractivity contribution in [2.24, 2.45) is 0 Å². The predicted molar refractivity (Wildman–Crippen MR) is 83.3 cm³/mol. The number of benzene rings is 2. The van der Waals surface area contributed by atoms with E-state index >= 15 is 0 Å². The van der Waals surface area contributed by atoms with Gasteiger partial charge in [0.15, 0.2) is 0 Å². The number of halogens is 2. The lowest BCUT2D eigenvalue weighted by Gasteiger charge is -2.07. The van der Waals surface area contributed by atoms with E-state index in [0.29, 0.717) is 23.1 Å². The molecule has 0 aliphatic carbocycles. The molecule has 0 fully saturated rings. The molecule has 0 N–H and O–H groups in total. The van der Waals surface area contributed by atoms with Crippen LogP contribution in [0.15, 0.2) is 42.5 Å². The summed E-state index contributed by atoms with van der Waals surface area (Å²) in [4.78, 5) is 15.4. The Morgan fingerprint density at radius 2 is 2.00 bits per heavy atom. The monoisotopic (exact) mass is 334 g/mol. The number of hydrogen-bond acceptors (Lipinski definition) is 4. The molecule has 3 aromatic rings. The largest absolute Gasteiger partial charge is 0.513 e. The molecule has 118 valence electrons. The molecule has 0 radical (unpaired) electrons. The van der Waals surface area contributed by atoms with Crippen LogP contribution in [0.25, 0.3) is 11.0 Å². The van der Waals surface area contributed by atoms with Gasteiger partial charge in [0.25, 0.3) is 0 Å². The highest BCUT2D eigenvalue weighted by Crippen LogP contribution is 2.25. The number of hydrogen-bond donors (Lipinski definition) is 0. The smallest absolute Gasteiger partial charge is 0.437 e. The average Bonchev–Trinajstić information content (AvgIpc) is 2.84. The van der Waals surface area contributed by atoms with Crippen LogP contribution in [0.1, 0.15) is 5.56 Å². The molecule has 0 saturated heterocycles. The maximum absolute atomic E-state index is 13.0. The molecule has 0 atom stereocenters. The van der Waals surface area contributed by atoms with E-state index in [4.69, 9.17) is 16.3 Å². The zero-order chi connectivity index (χ0) is 16.4. The summed E-state index contributed by atoms with van der Waals surface area (Å²) >= 11 is 6.18. The van der Waals surface area contributed by atoms with E-state index in [1.165, 1.54) is 19.2 Å². The highest BCUT2D eigenvalue weighted by molar-refractivity contribution is 6.29. The Hall–Kier alpha value is -2.60. The van der Waals surface area contributed by atoms with Crippen LogP contribution in [0, 0.1) is 5.82 Å². The zero-order valence-corrected chi connectivity index (χ0v) is 12.9. The van der Waals surface area contributed by atoms with E-state index in [-0.39, 0.29) is 5.82 Å². The molecule has 0 amide bonds. The predicted octanol–water partition coefficient (Wildman–Crippen LogP) is 4.02. The molecule has 0 aliphatic rings. The minimum Gasteiger partial charge on any atom is -0.437 e. The van der Waals surface area contributed by atoms with Gasteiger partial charge in [0, 0.05) is 6.07 Å². The minimum absolute atomic E-state index is 0.291. The van der Waals surface area contributed by atoms with Gasteiger partial charge in [0.1, 0.15) is 11.6 Å². The van der Waals surface area contributed by atoms with E-state index in [1.807, 2.05) is 0 Å². The van der Waals surface area contributed by atoms with Crippen molar-refractivity contribution >= 4 is 28.8 Å². The highest BCUT2D eigenvalue weighted by Gasteiger charge is 2.12. The van der Waals surface area contributed by atoms with Gasteiger partial charge < -0.3 is 14.0 Å². The van der Waals surface area contributed by atoms with Gasteiger partial charge >= 0.3 is 6.16 Å². The first-order valence-corrected chi connectivity index (χ1v) is 7.10. The fraction of sp³-hybridized carbons (Fsp3) is 0.125. The lowest BCUT2D eigenvalue weighted by molar-refractivity contribution is 0.121. The number of carbonyl (C=O) groups is 1. The average molecular weight is 335 g/mol. The van der Waals surface area contributed by atoms with Gasteiger partial charge in [-0.3, -0.25) is 0 Å². The summed E-state index contributed by atoms with van der Waals surface area (Å²) in [5.41, 5.74) is 2.25. The lowest BCUT2D eigenvalue weighted by Crippen LogP contribution is -2.07. The third-order valence-electron chi connectivity index (χ3n) is 3.29. The highest BCUT2D eigenvalue weighted by atomic mass is 35.5. The topological polar surface area (TPSA) is 53.4 Å². The van der Waals surface area contributed by atoms with Crippen molar-refractivity contribution in [3.63, 3.8) is 0 Å². The third-order valence-corrected chi connectivity index (χ3v) is 3.58. The number of carbonyl (C=O) groups excluding carboxylic acids is 1. The Morgan fingerprint density at radius 1 is 1.26 bits per heavy atom. The first-order valence-electron chi connectivity index (χ1n) is 6.73. The van der Waals surface area contributed by atoms with Gasteiger partial charge in [0.2, 0.25) is 5.28 Å². The van der Waals surface area contributed by atoms with E-state index in [0.717, 1.165) is 11.1 Å². The summed E-state index contributed by atoms with van der Waals surface area (Å²) in [5, 5.41) is 0.291. The summed E-state index contributed by atoms with van der Waals surface area (Å²) < 4.78 is 24.2. The van der Waals surface area contributed by atoms with Crippen LogP contribution in [-0.4, -0.2) is 22.8 Å². The Kier molecular flexibility index (Phi) is 4.16. The van der Waals surface area contributed by atoms with Crippen molar-refractivity contribution in [1.82, 2.24) is 9.55 Å². The summed E-state index contributed by atoms with van der Waals surface area (Å²) in [6.45, 7) is 0.451. The number of nitrogens with zero attached hydrogens (tertiary/aromatic N) is 2. The quantitative estimate of drug-likeness (QED) is 0.536. The molecular formula is C16H12ClFN2O3. The van der Waals surface area contributed by atoms with Crippen molar-refractivity contribution < 1.29 is 18.7 Å². The molecule has 2 aromatic carbocycles. The van der Waals surface area contributed by atoms with Crippen molar-refractivity contribution in [3.8, 4) is 5.75 Å². The summed E-state index contributed by atoms with van der Waals surface area (Å²) in [7, 11) is 1.23. The number of fused-ring (bicyclic) bond motifs is 1. The molecule has 0 saturated carbocycles. The Morgan fingerprint density at radius 3 is 2.70 bits per heavy atom. The lowest BCUT2D eigenvalue weighted by atomic mass is 10.2. The zero-order valence-electron chi connectivity index (χ0n) is 12.1. The maximum atomic E-state index is 13.0. The van der Waals surface area contributed by atoms with Gasteiger partial charge in [-0.05, 0) is 41.4 Å². The van der Waals surface area contributed by atoms with Gasteiger partial charge in [-0.25, -0.2) is 14.2 Å². The van der Waals surface area contributed by atoms with Gasteiger partial charge in [-0.2, -0.15) is 0 Å². The van der Waals surface area contributed by atoms with Crippen molar-refractivity contribution in [3.05, 3.63) is 59.1 Å². The van der Waals surface area contributed by atoms with Crippen LogP contribution in [-0.2, 0) is 11.3 Å². The number of methoxy groups -OCH3 is 1. The maximum Gasteiger partial charge on any atom is 0.513 e. The van der Waals surface area contributed by atoms with Crippen LogP contribution in [0.5, 0.6) is 5.75 Å². The molecular weight excluding hydrogens is 323 g/mol. The van der Waals surface area contributed by atoms with Crippen molar-refractivity contribution in [1.29, 1.82) is 0 Å². The molecule has 0 aliphatic heterocycles. The Balaban J connectivity index is 1.93. The van der Waals surface area contributed by atoms with Gasteiger partial charge in [0.05, 0.1) is 24.7 Å². The second-order valence-corrected chi connectivity index (χ2v) is 5.14. The van der Waals surface area contributed by atoms with Crippen LogP contribution >= 0.6 is 11.6 Å². The SMILES string of the molecule is COC(=O)Oc1ccc2c(c1)nc(Cl)n2Cc1ccc(F)cc1. The van der Waals surface area contributed by atoms with Crippen molar-refractivity contribution in [2.75, 3.05) is 7.11 Å². The number of rotatable bonds is 3.